The number of carbonyl (C=O) groups excluding carboxylic acids is 2. The Morgan fingerprint density at radius 3 is 2.47 bits per heavy atom. The maximum Gasteiger partial charge on any atom is 0.306 e. The highest BCUT2D eigenvalue weighted by Gasteiger charge is 2.26. The van der Waals surface area contributed by atoms with Crippen LogP contribution < -0.4 is 5.56 Å². The zero-order chi connectivity index (χ0) is 27.1. The van der Waals surface area contributed by atoms with Crippen LogP contribution in [0, 0.1) is 12.8 Å². The standard InChI is InChI=1S/C32H34BrNO4/c1-22-10-6-3-4-9-13-28-31(32(37)25-14-16-26(33)17-15-25)23(2)19-29(35)34(28)27(21-38-30(36)18-22)20-24-11-7-5-8-12-24/h3-5,7-8,11-12,14-17,19,22,27H,6,9-10,13,18,20-21H2,1-2H3/b4-3-/t22-,27+/m1/s1. The quantitative estimate of drug-likeness (QED) is 0.195. The number of nitrogens with zero attached hydrogens (tertiary/aromatic N) is 1. The second kappa shape index (κ2) is 13.0. The molecular formula is C32H34BrNO4. The maximum atomic E-state index is 13.9. The minimum atomic E-state index is -0.442. The van der Waals surface area contributed by atoms with Crippen molar-refractivity contribution in [2.24, 2.45) is 5.92 Å². The number of esters is 1. The third kappa shape index (κ3) is 6.98. The van der Waals surface area contributed by atoms with Crippen molar-refractivity contribution in [1.29, 1.82) is 0 Å². The summed E-state index contributed by atoms with van der Waals surface area (Å²) in [5.74, 6) is -0.159. The first-order chi connectivity index (χ1) is 18.3. The minimum absolute atomic E-state index is 0.0676. The molecule has 0 amide bonds. The lowest BCUT2D eigenvalue weighted by Gasteiger charge is -2.26. The van der Waals surface area contributed by atoms with Crippen LogP contribution in [0.4, 0.5) is 0 Å². The summed E-state index contributed by atoms with van der Waals surface area (Å²) in [6.45, 7) is 3.95. The number of allylic oxidation sites excluding steroid dienone is 2. The van der Waals surface area contributed by atoms with Gasteiger partial charge in [0.1, 0.15) is 6.61 Å². The Balaban J connectivity index is 1.86. The molecule has 198 valence electrons. The molecule has 0 spiro atoms. The molecule has 0 saturated carbocycles. The fourth-order valence-electron chi connectivity index (χ4n) is 5.09. The van der Waals surface area contributed by atoms with E-state index in [2.05, 4.69) is 35.0 Å². The predicted octanol–water partition coefficient (Wildman–Crippen LogP) is 6.79. The molecule has 3 aromatic rings. The molecule has 0 fully saturated rings. The van der Waals surface area contributed by atoms with Crippen LogP contribution in [0.25, 0.3) is 0 Å². The molecule has 0 unspecified atom stereocenters. The normalized spacial score (nSPS) is 19.6. The SMILES string of the molecule is Cc1cc(=O)n2c(c1C(=O)c1ccc(Br)cc1)CC/C=C\CC[C@@H](C)CC(=O)OC[C@@H]2Cc1ccccc1. The van der Waals surface area contributed by atoms with Crippen molar-refractivity contribution in [1.82, 2.24) is 4.57 Å². The van der Waals surface area contributed by atoms with E-state index in [0.717, 1.165) is 22.9 Å². The Bertz CT molecular complexity index is 1360. The molecule has 1 aliphatic heterocycles. The molecule has 0 radical (unpaired) electrons. The van der Waals surface area contributed by atoms with E-state index in [1.807, 2.05) is 49.4 Å². The zero-order valence-electron chi connectivity index (χ0n) is 22.0. The Morgan fingerprint density at radius 1 is 1.03 bits per heavy atom. The number of benzene rings is 2. The highest BCUT2D eigenvalue weighted by molar-refractivity contribution is 9.10. The molecule has 2 aromatic carbocycles. The predicted molar refractivity (Wildman–Crippen MR) is 154 cm³/mol. The monoisotopic (exact) mass is 575 g/mol. The van der Waals surface area contributed by atoms with E-state index in [1.54, 1.807) is 16.7 Å². The van der Waals surface area contributed by atoms with Gasteiger partial charge in [-0.25, -0.2) is 0 Å². The third-order valence-corrected chi connectivity index (χ3v) is 7.59. The van der Waals surface area contributed by atoms with Crippen LogP contribution in [0.15, 0.2) is 82.1 Å². The largest absolute Gasteiger partial charge is 0.463 e. The van der Waals surface area contributed by atoms with Gasteiger partial charge in [-0.15, -0.1) is 0 Å². The lowest BCUT2D eigenvalue weighted by molar-refractivity contribution is -0.145. The van der Waals surface area contributed by atoms with Gasteiger partial charge in [-0.3, -0.25) is 14.4 Å². The van der Waals surface area contributed by atoms with Crippen LogP contribution in [-0.2, 0) is 22.4 Å². The van der Waals surface area contributed by atoms with Gasteiger partial charge in [-0.2, -0.15) is 0 Å². The Labute approximate surface area is 232 Å². The molecule has 5 nitrogen and oxygen atoms in total. The van der Waals surface area contributed by atoms with E-state index in [0.29, 0.717) is 48.1 Å². The number of cyclic esters (lactones) is 1. The van der Waals surface area contributed by atoms with Crippen molar-refractivity contribution in [3.63, 3.8) is 0 Å². The number of pyridine rings is 1. The highest BCUT2D eigenvalue weighted by Crippen LogP contribution is 2.25. The number of fused-ring (bicyclic) bond motifs is 1. The maximum absolute atomic E-state index is 13.9. The molecule has 1 aliphatic rings. The number of rotatable bonds is 4. The van der Waals surface area contributed by atoms with Crippen molar-refractivity contribution in [2.45, 2.75) is 58.4 Å². The Kier molecular flexibility index (Phi) is 9.51. The molecule has 0 bridgehead atoms. The van der Waals surface area contributed by atoms with Gasteiger partial charge in [-0.1, -0.05) is 65.3 Å². The van der Waals surface area contributed by atoms with Crippen LogP contribution in [0.1, 0.15) is 71.4 Å². The van der Waals surface area contributed by atoms with Gasteiger partial charge in [0, 0.05) is 33.8 Å². The fraction of sp³-hybridized carbons (Fsp3) is 0.344. The van der Waals surface area contributed by atoms with Gasteiger partial charge in [0.15, 0.2) is 5.78 Å². The van der Waals surface area contributed by atoms with Crippen molar-refractivity contribution >= 4 is 27.7 Å². The molecule has 4 rings (SSSR count). The summed E-state index contributed by atoms with van der Waals surface area (Å²) in [6, 6.07) is 18.2. The van der Waals surface area contributed by atoms with Gasteiger partial charge in [0.25, 0.3) is 5.56 Å². The Morgan fingerprint density at radius 2 is 1.74 bits per heavy atom. The lowest BCUT2D eigenvalue weighted by Crippen LogP contribution is -2.34. The van der Waals surface area contributed by atoms with Gasteiger partial charge in [0.2, 0.25) is 0 Å². The van der Waals surface area contributed by atoms with Gasteiger partial charge in [0.05, 0.1) is 6.04 Å². The van der Waals surface area contributed by atoms with Crippen molar-refractivity contribution in [3.05, 3.63) is 116 Å². The average Bonchev–Trinajstić information content (AvgIpc) is 2.89. The number of hydrogen-bond acceptors (Lipinski definition) is 4. The second-order valence-electron chi connectivity index (χ2n) is 10.1. The number of ketones is 1. The summed E-state index contributed by atoms with van der Waals surface area (Å²) in [4.78, 5) is 40.2. The topological polar surface area (TPSA) is 65.4 Å². The van der Waals surface area contributed by atoms with Crippen molar-refractivity contribution in [3.8, 4) is 0 Å². The molecule has 2 heterocycles. The first-order valence-electron chi connectivity index (χ1n) is 13.2. The summed E-state index contributed by atoms with van der Waals surface area (Å²) in [6.07, 6.45) is 8.10. The van der Waals surface area contributed by atoms with E-state index in [4.69, 9.17) is 4.74 Å². The summed E-state index contributed by atoms with van der Waals surface area (Å²) in [7, 11) is 0. The first-order valence-corrected chi connectivity index (χ1v) is 14.0. The molecule has 1 aromatic heterocycles. The molecule has 0 N–H and O–H groups in total. The van der Waals surface area contributed by atoms with Crippen LogP contribution in [-0.4, -0.2) is 22.9 Å². The van der Waals surface area contributed by atoms with Crippen LogP contribution in [0.2, 0.25) is 0 Å². The van der Waals surface area contributed by atoms with Crippen LogP contribution in [0.3, 0.4) is 0 Å². The minimum Gasteiger partial charge on any atom is -0.463 e. The second-order valence-corrected chi connectivity index (χ2v) is 11.0. The van der Waals surface area contributed by atoms with E-state index >= 15 is 0 Å². The first kappa shape index (κ1) is 27.8. The Hall–Kier alpha value is -3.25. The molecule has 0 aliphatic carbocycles. The number of carbonyl (C=O) groups is 2. The third-order valence-electron chi connectivity index (χ3n) is 7.06. The molecular weight excluding hydrogens is 542 g/mol. The van der Waals surface area contributed by atoms with Crippen LogP contribution >= 0.6 is 15.9 Å². The molecule has 6 heteroatoms. The molecule has 0 saturated heterocycles. The van der Waals surface area contributed by atoms with Crippen molar-refractivity contribution < 1.29 is 14.3 Å². The highest BCUT2D eigenvalue weighted by atomic mass is 79.9. The van der Waals surface area contributed by atoms with E-state index < -0.39 is 6.04 Å². The summed E-state index contributed by atoms with van der Waals surface area (Å²) >= 11 is 3.44. The van der Waals surface area contributed by atoms with E-state index in [9.17, 15) is 14.4 Å². The van der Waals surface area contributed by atoms with Crippen molar-refractivity contribution in [2.75, 3.05) is 6.61 Å². The zero-order valence-corrected chi connectivity index (χ0v) is 23.6. The lowest BCUT2D eigenvalue weighted by atomic mass is 9.94. The smallest absolute Gasteiger partial charge is 0.306 e. The van der Waals surface area contributed by atoms with E-state index in [1.165, 1.54) is 6.07 Å². The number of aromatic nitrogens is 1. The summed E-state index contributed by atoms with van der Waals surface area (Å²) in [5.41, 5.74) is 3.30. The number of halogens is 1. The van der Waals surface area contributed by atoms with E-state index in [-0.39, 0.29) is 29.8 Å². The summed E-state index contributed by atoms with van der Waals surface area (Å²) < 4.78 is 8.38. The van der Waals surface area contributed by atoms with Gasteiger partial charge < -0.3 is 9.30 Å². The number of ether oxygens (including phenoxy) is 1. The van der Waals surface area contributed by atoms with Crippen LogP contribution in [0.5, 0.6) is 0 Å². The number of aryl methyl sites for hydroxylation is 1. The molecule has 38 heavy (non-hydrogen) atoms. The number of hydrogen-bond donors (Lipinski definition) is 0. The summed E-state index contributed by atoms with van der Waals surface area (Å²) in [5, 5.41) is 0. The van der Waals surface area contributed by atoms with Gasteiger partial charge in [-0.05, 0) is 80.3 Å². The average molecular weight is 577 g/mol. The molecule has 2 atom stereocenters. The fourth-order valence-corrected chi connectivity index (χ4v) is 5.36. The van der Waals surface area contributed by atoms with Gasteiger partial charge >= 0.3 is 5.97 Å².